The Morgan fingerprint density at radius 2 is 1.03 bits per heavy atom. The largest absolute Gasteiger partial charge is 0.454 e. The van der Waals surface area contributed by atoms with Crippen LogP contribution in [0.3, 0.4) is 0 Å². The third-order valence-corrected chi connectivity index (χ3v) is 12.6. The Labute approximate surface area is 343 Å². The normalized spacial score (nSPS) is 13.3. The van der Waals surface area contributed by atoms with Gasteiger partial charge in [0.2, 0.25) is 0 Å². The molecule has 9 aromatic carbocycles. The molecule has 0 unspecified atom stereocenters. The van der Waals surface area contributed by atoms with Crippen LogP contribution in [0.4, 0.5) is 17.1 Å². The minimum Gasteiger partial charge on any atom is -0.454 e. The summed E-state index contributed by atoms with van der Waals surface area (Å²) in [5.74, 6) is 1.82. The summed E-state index contributed by atoms with van der Waals surface area (Å²) in [6, 6.07) is 76.7. The first kappa shape index (κ1) is 34.2. The highest BCUT2D eigenvalue weighted by Crippen LogP contribution is 2.63. The Balaban J connectivity index is 1.11. The number of fused-ring (bicyclic) bond motifs is 7. The van der Waals surface area contributed by atoms with Crippen LogP contribution in [0.2, 0.25) is 0 Å². The van der Waals surface area contributed by atoms with Crippen LogP contribution in [0.5, 0.6) is 11.5 Å². The van der Waals surface area contributed by atoms with Gasteiger partial charge in [0.15, 0.2) is 0 Å². The Morgan fingerprint density at radius 3 is 1.79 bits per heavy atom. The third kappa shape index (κ3) is 5.66. The van der Waals surface area contributed by atoms with Crippen LogP contribution in [0.1, 0.15) is 33.4 Å². The lowest BCUT2D eigenvalue weighted by molar-refractivity contribution is 0.456. The second-order valence-corrected chi connectivity index (χ2v) is 16.0. The van der Waals surface area contributed by atoms with Gasteiger partial charge in [0.05, 0.1) is 15.2 Å². The molecule has 2 nitrogen and oxygen atoms in total. The number of nitrogens with zero attached hydrogens (tertiary/aromatic N) is 1. The minimum absolute atomic E-state index is 0.599. The van der Waals surface area contributed by atoms with Crippen LogP contribution in [-0.4, -0.2) is 0 Å². The Hall–Kier alpha value is -7.07. The summed E-state index contributed by atoms with van der Waals surface area (Å²) < 4.78 is 6.91. The number of rotatable bonds is 7. The van der Waals surface area contributed by atoms with Crippen LogP contribution >= 0.6 is 11.8 Å². The van der Waals surface area contributed by atoms with E-state index < -0.39 is 5.41 Å². The fourth-order valence-corrected chi connectivity index (χ4v) is 9.92. The molecule has 1 aliphatic carbocycles. The average Bonchev–Trinajstić information content (AvgIpc) is 3.60. The zero-order valence-electron chi connectivity index (χ0n) is 31.6. The molecule has 3 heteroatoms. The van der Waals surface area contributed by atoms with E-state index in [1.165, 1.54) is 49.7 Å². The molecule has 11 rings (SSSR count). The van der Waals surface area contributed by atoms with Crippen molar-refractivity contribution in [2.75, 3.05) is 4.90 Å². The second kappa shape index (κ2) is 14.1. The van der Waals surface area contributed by atoms with Crippen LogP contribution in [0.15, 0.2) is 222 Å². The van der Waals surface area contributed by atoms with Gasteiger partial charge < -0.3 is 9.64 Å². The summed E-state index contributed by atoms with van der Waals surface area (Å²) in [5, 5.41) is 2.39. The molecule has 0 saturated heterocycles. The van der Waals surface area contributed by atoms with Crippen molar-refractivity contribution in [3.63, 3.8) is 0 Å². The standard InChI is InChI=1S/C55H37NOS/c1-5-15-38(16-6-1)25-26-39-27-28-41-36-45(30-29-40(41)35-39)56(44-21-11-4-12-22-44)46-31-32-47-49(37-46)55(42-17-7-2-8-18-42,43-19-9-3-10-20-43)48-33-34-52-54(53(47)48)57-50-23-13-14-24-51(50)58-52/h1-37H/b26-25+. The van der Waals surface area contributed by atoms with Crippen LogP contribution in [0, 0.1) is 0 Å². The zero-order chi connectivity index (χ0) is 38.5. The lowest BCUT2D eigenvalue weighted by Gasteiger charge is -2.35. The van der Waals surface area contributed by atoms with E-state index >= 15 is 0 Å². The first-order valence-corrected chi connectivity index (χ1v) is 20.6. The van der Waals surface area contributed by atoms with Crippen molar-refractivity contribution in [3.8, 4) is 22.6 Å². The molecule has 0 spiro atoms. The van der Waals surface area contributed by atoms with E-state index in [1.807, 2.05) is 6.07 Å². The number of anilines is 3. The summed E-state index contributed by atoms with van der Waals surface area (Å²) in [7, 11) is 0. The predicted molar refractivity (Wildman–Crippen MR) is 242 cm³/mol. The fourth-order valence-electron chi connectivity index (χ4n) is 8.96. The van der Waals surface area contributed by atoms with Gasteiger partial charge >= 0.3 is 0 Å². The van der Waals surface area contributed by atoms with Crippen molar-refractivity contribution in [1.82, 2.24) is 0 Å². The number of benzene rings is 9. The first-order chi connectivity index (χ1) is 28.7. The Morgan fingerprint density at radius 1 is 0.431 bits per heavy atom. The minimum atomic E-state index is -0.599. The molecule has 1 heterocycles. The van der Waals surface area contributed by atoms with Crippen molar-refractivity contribution in [3.05, 3.63) is 246 Å². The van der Waals surface area contributed by atoms with E-state index in [-0.39, 0.29) is 0 Å². The van der Waals surface area contributed by atoms with Crippen LogP contribution in [-0.2, 0) is 5.41 Å². The molecule has 9 aromatic rings. The molecular weight excluding hydrogens is 723 g/mol. The summed E-state index contributed by atoms with van der Waals surface area (Å²) >= 11 is 1.78. The van der Waals surface area contributed by atoms with E-state index in [1.54, 1.807) is 11.8 Å². The Bertz CT molecular complexity index is 2960. The lowest BCUT2D eigenvalue weighted by atomic mass is 9.67. The molecule has 2 aliphatic rings. The smallest absolute Gasteiger partial charge is 0.149 e. The number of para-hydroxylation sites is 2. The van der Waals surface area contributed by atoms with E-state index in [0.717, 1.165) is 43.9 Å². The molecule has 0 fully saturated rings. The van der Waals surface area contributed by atoms with Crippen molar-refractivity contribution in [2.45, 2.75) is 15.2 Å². The lowest BCUT2D eigenvalue weighted by Crippen LogP contribution is -2.28. The third-order valence-electron chi connectivity index (χ3n) is 11.5. The highest BCUT2D eigenvalue weighted by molar-refractivity contribution is 7.99. The predicted octanol–water partition coefficient (Wildman–Crippen LogP) is 15.1. The molecule has 0 aromatic heterocycles. The zero-order valence-corrected chi connectivity index (χ0v) is 32.4. The maximum atomic E-state index is 6.91. The first-order valence-electron chi connectivity index (χ1n) is 19.7. The van der Waals surface area contributed by atoms with Gasteiger partial charge in [-0.3, -0.25) is 0 Å². The number of ether oxygens (including phenoxy) is 1. The number of hydrogen-bond donors (Lipinski definition) is 0. The summed E-state index contributed by atoms with van der Waals surface area (Å²) in [4.78, 5) is 4.66. The molecular formula is C55H37NOS. The van der Waals surface area contributed by atoms with Crippen LogP contribution < -0.4 is 9.64 Å². The summed E-state index contributed by atoms with van der Waals surface area (Å²) in [6.45, 7) is 0. The van der Waals surface area contributed by atoms with Gasteiger partial charge in [-0.1, -0.05) is 176 Å². The molecule has 0 amide bonds. The van der Waals surface area contributed by atoms with Gasteiger partial charge in [-0.2, -0.15) is 0 Å². The van der Waals surface area contributed by atoms with E-state index in [9.17, 15) is 0 Å². The van der Waals surface area contributed by atoms with Gasteiger partial charge in [0.1, 0.15) is 11.5 Å². The maximum Gasteiger partial charge on any atom is 0.149 e. The maximum absolute atomic E-state index is 6.91. The highest BCUT2D eigenvalue weighted by atomic mass is 32.2. The monoisotopic (exact) mass is 759 g/mol. The fraction of sp³-hybridized carbons (Fsp3) is 0.0182. The summed E-state index contributed by atoms with van der Waals surface area (Å²) in [5.41, 5.74) is 12.3. The molecule has 0 radical (unpaired) electrons. The van der Waals surface area contributed by atoms with Crippen molar-refractivity contribution < 1.29 is 4.74 Å². The molecule has 274 valence electrons. The van der Waals surface area contributed by atoms with E-state index in [4.69, 9.17) is 4.74 Å². The Kier molecular flexibility index (Phi) is 8.34. The van der Waals surface area contributed by atoms with Crippen molar-refractivity contribution >= 4 is 51.7 Å². The van der Waals surface area contributed by atoms with Crippen molar-refractivity contribution in [2.24, 2.45) is 0 Å². The highest BCUT2D eigenvalue weighted by Gasteiger charge is 2.48. The van der Waals surface area contributed by atoms with Crippen molar-refractivity contribution in [1.29, 1.82) is 0 Å². The van der Waals surface area contributed by atoms with Gasteiger partial charge in [-0.05, 0) is 110 Å². The van der Waals surface area contributed by atoms with Gasteiger partial charge in [0.25, 0.3) is 0 Å². The quantitative estimate of drug-likeness (QED) is 0.150. The summed E-state index contributed by atoms with van der Waals surface area (Å²) in [6.07, 6.45) is 4.36. The molecule has 58 heavy (non-hydrogen) atoms. The van der Waals surface area contributed by atoms with Crippen LogP contribution in [0.25, 0.3) is 34.1 Å². The molecule has 1 aliphatic heterocycles. The SMILES string of the molecule is C(=C\c1ccc2cc(N(c3ccccc3)c3ccc4c(c3)C(c3ccccc3)(c3ccccc3)c3ccc5c(c3-4)Oc3ccccc3S5)ccc2c1)/c1ccccc1. The molecule has 0 bridgehead atoms. The van der Waals surface area contributed by atoms with Gasteiger partial charge in [-0.25, -0.2) is 0 Å². The number of hydrogen-bond acceptors (Lipinski definition) is 3. The molecule has 0 atom stereocenters. The second-order valence-electron chi connectivity index (χ2n) is 14.9. The topological polar surface area (TPSA) is 12.5 Å². The average molecular weight is 760 g/mol. The van der Waals surface area contributed by atoms with E-state index in [0.29, 0.717) is 0 Å². The molecule has 0 N–H and O–H groups in total. The van der Waals surface area contributed by atoms with Gasteiger partial charge in [-0.15, -0.1) is 0 Å². The van der Waals surface area contributed by atoms with Gasteiger partial charge in [0, 0.05) is 22.6 Å². The molecule has 0 saturated carbocycles. The van der Waals surface area contributed by atoms with E-state index in [2.05, 4.69) is 223 Å².